The first-order valence-corrected chi connectivity index (χ1v) is 27.5. The van der Waals surface area contributed by atoms with E-state index in [2.05, 4.69) is 46.4 Å². The van der Waals surface area contributed by atoms with Crippen molar-refractivity contribution in [3.05, 3.63) is 0 Å². The van der Waals surface area contributed by atoms with Gasteiger partial charge in [-0.25, -0.2) is 0 Å². The van der Waals surface area contributed by atoms with Gasteiger partial charge in [-0.3, -0.25) is 9.59 Å². The molecule has 0 amide bonds. The molecule has 0 unspecified atom stereocenters. The monoisotopic (exact) mass is 864 g/mol. The molecule has 0 fully saturated rings. The third-order valence-corrected chi connectivity index (χ3v) is 13.4. The van der Waals surface area contributed by atoms with Crippen LogP contribution in [0.15, 0.2) is 0 Å². The quantitative estimate of drug-likeness (QED) is 0.0448. The number of hydrogen-bond acceptors (Lipinski definition) is 6. The van der Waals surface area contributed by atoms with E-state index in [0.29, 0.717) is 32.0 Å². The van der Waals surface area contributed by atoms with Gasteiger partial charge in [-0.2, -0.15) is 0 Å². The SMILES string of the molecule is CCCCCC(CCCCC)CCOC(=O)CCCCCCCCCC(CCCCCCCCCC(=O)OCCC(CCCCC)CCCCC)COCCCN(CC)CC. The lowest BCUT2D eigenvalue weighted by atomic mass is 9.92. The van der Waals surface area contributed by atoms with E-state index in [0.717, 1.165) is 89.6 Å². The second kappa shape index (κ2) is 48.3. The van der Waals surface area contributed by atoms with E-state index in [-0.39, 0.29) is 11.9 Å². The summed E-state index contributed by atoms with van der Waals surface area (Å²) in [5, 5.41) is 0. The predicted molar refractivity (Wildman–Crippen MR) is 265 cm³/mol. The summed E-state index contributed by atoms with van der Waals surface area (Å²) in [5.74, 6) is 2.15. The fourth-order valence-corrected chi connectivity index (χ4v) is 9.08. The molecular formula is C55H109NO5. The number of hydrogen-bond donors (Lipinski definition) is 0. The van der Waals surface area contributed by atoms with Crippen molar-refractivity contribution in [2.45, 2.75) is 279 Å². The predicted octanol–water partition coefficient (Wildman–Crippen LogP) is 16.8. The Bertz CT molecular complexity index is 813. The van der Waals surface area contributed by atoms with Crippen LogP contribution in [-0.4, -0.2) is 62.9 Å². The molecule has 0 N–H and O–H groups in total. The van der Waals surface area contributed by atoms with Crippen molar-refractivity contribution in [3.8, 4) is 0 Å². The lowest BCUT2D eigenvalue weighted by Gasteiger charge is -2.19. The summed E-state index contributed by atoms with van der Waals surface area (Å²) < 4.78 is 17.6. The van der Waals surface area contributed by atoms with Gasteiger partial charge in [-0.1, -0.05) is 221 Å². The first-order chi connectivity index (χ1) is 29.9. The van der Waals surface area contributed by atoms with Gasteiger partial charge in [0.25, 0.3) is 0 Å². The molecule has 0 aliphatic heterocycles. The third kappa shape index (κ3) is 42.6. The minimum absolute atomic E-state index is 0.0147. The minimum Gasteiger partial charge on any atom is -0.466 e. The van der Waals surface area contributed by atoms with E-state index in [1.807, 2.05) is 0 Å². The zero-order valence-electron chi connectivity index (χ0n) is 42.3. The van der Waals surface area contributed by atoms with Gasteiger partial charge in [0.1, 0.15) is 0 Å². The maximum absolute atomic E-state index is 12.4. The van der Waals surface area contributed by atoms with Crippen molar-refractivity contribution >= 4 is 11.9 Å². The van der Waals surface area contributed by atoms with Gasteiger partial charge in [0, 0.05) is 32.6 Å². The Hall–Kier alpha value is -1.14. The Labute approximate surface area is 382 Å². The standard InChI is InChI=1S/C55H109NO5/c1-7-13-27-36-51(37-28-14-8-2)44-48-60-54(57)42-33-25-21-17-19-23-31-40-53(50-59-47-35-46-56(11-5)12-6)41-32-24-20-18-22-26-34-43-55(58)61-49-45-52(38-29-15-9-3)39-30-16-10-4/h51-53H,7-50H2,1-6H3. The smallest absolute Gasteiger partial charge is 0.305 e. The fraction of sp³-hybridized carbons (Fsp3) is 0.964. The molecule has 6 heteroatoms. The van der Waals surface area contributed by atoms with Crippen LogP contribution in [0.2, 0.25) is 0 Å². The summed E-state index contributed by atoms with van der Waals surface area (Å²) in [7, 11) is 0. The van der Waals surface area contributed by atoms with E-state index in [1.165, 1.54) is 180 Å². The highest BCUT2D eigenvalue weighted by atomic mass is 16.5. The van der Waals surface area contributed by atoms with Gasteiger partial charge in [-0.05, 0) is 75.8 Å². The van der Waals surface area contributed by atoms with Gasteiger partial charge in [-0.15, -0.1) is 0 Å². The normalized spacial score (nSPS) is 11.8. The molecule has 0 bridgehead atoms. The maximum Gasteiger partial charge on any atom is 0.305 e. The number of unbranched alkanes of at least 4 members (excludes halogenated alkanes) is 20. The zero-order valence-corrected chi connectivity index (χ0v) is 42.3. The molecule has 0 saturated carbocycles. The largest absolute Gasteiger partial charge is 0.466 e. The number of esters is 2. The minimum atomic E-state index is 0.0147. The second-order valence-corrected chi connectivity index (χ2v) is 19.1. The van der Waals surface area contributed by atoms with Crippen LogP contribution in [0, 0.1) is 17.8 Å². The van der Waals surface area contributed by atoms with Crippen LogP contribution in [0.4, 0.5) is 0 Å². The Morgan fingerprint density at radius 1 is 0.361 bits per heavy atom. The average molecular weight is 864 g/mol. The highest BCUT2D eigenvalue weighted by Gasteiger charge is 2.13. The van der Waals surface area contributed by atoms with Crippen LogP contribution in [-0.2, 0) is 23.8 Å². The molecule has 0 atom stereocenters. The topological polar surface area (TPSA) is 65.1 Å². The van der Waals surface area contributed by atoms with E-state index in [1.54, 1.807) is 0 Å². The molecule has 0 heterocycles. The number of carbonyl (C=O) groups is 2. The molecule has 61 heavy (non-hydrogen) atoms. The lowest BCUT2D eigenvalue weighted by molar-refractivity contribution is -0.145. The summed E-state index contributed by atoms with van der Waals surface area (Å²) in [6, 6.07) is 0. The van der Waals surface area contributed by atoms with Gasteiger partial charge in [0.2, 0.25) is 0 Å². The van der Waals surface area contributed by atoms with Crippen LogP contribution in [0.25, 0.3) is 0 Å². The van der Waals surface area contributed by atoms with Crippen molar-refractivity contribution in [1.82, 2.24) is 4.90 Å². The molecule has 0 aromatic carbocycles. The van der Waals surface area contributed by atoms with E-state index in [9.17, 15) is 9.59 Å². The molecule has 0 saturated heterocycles. The molecule has 0 radical (unpaired) electrons. The van der Waals surface area contributed by atoms with Crippen molar-refractivity contribution in [1.29, 1.82) is 0 Å². The molecular weight excluding hydrogens is 755 g/mol. The molecule has 0 aromatic rings. The first kappa shape index (κ1) is 59.9. The Kier molecular flexibility index (Phi) is 47.4. The lowest BCUT2D eigenvalue weighted by Crippen LogP contribution is -2.25. The van der Waals surface area contributed by atoms with Crippen LogP contribution >= 0.6 is 0 Å². The van der Waals surface area contributed by atoms with Crippen LogP contribution in [0.1, 0.15) is 279 Å². The highest BCUT2D eigenvalue weighted by molar-refractivity contribution is 5.69. The molecule has 364 valence electrons. The average Bonchev–Trinajstić information content (AvgIpc) is 3.26. The van der Waals surface area contributed by atoms with Gasteiger partial charge < -0.3 is 19.1 Å². The summed E-state index contributed by atoms with van der Waals surface area (Å²) in [4.78, 5) is 27.2. The Morgan fingerprint density at radius 3 is 1.05 bits per heavy atom. The first-order valence-electron chi connectivity index (χ1n) is 27.5. The van der Waals surface area contributed by atoms with E-state index >= 15 is 0 Å². The summed E-state index contributed by atoms with van der Waals surface area (Å²) in [5.41, 5.74) is 0. The Balaban J connectivity index is 4.23. The number of rotatable bonds is 50. The highest BCUT2D eigenvalue weighted by Crippen LogP contribution is 2.24. The van der Waals surface area contributed by atoms with E-state index < -0.39 is 0 Å². The Morgan fingerprint density at radius 2 is 0.689 bits per heavy atom. The van der Waals surface area contributed by atoms with E-state index in [4.69, 9.17) is 14.2 Å². The van der Waals surface area contributed by atoms with Gasteiger partial charge in [0.15, 0.2) is 0 Å². The molecule has 0 aromatic heterocycles. The summed E-state index contributed by atoms with van der Waals surface area (Å²) >= 11 is 0. The molecule has 0 spiro atoms. The number of ether oxygens (including phenoxy) is 3. The third-order valence-electron chi connectivity index (χ3n) is 13.4. The van der Waals surface area contributed by atoms with Gasteiger partial charge >= 0.3 is 11.9 Å². The number of carbonyl (C=O) groups excluding carboxylic acids is 2. The molecule has 0 aliphatic rings. The van der Waals surface area contributed by atoms with Gasteiger partial charge in [0.05, 0.1) is 13.2 Å². The second-order valence-electron chi connectivity index (χ2n) is 19.1. The van der Waals surface area contributed by atoms with Crippen LogP contribution in [0.3, 0.4) is 0 Å². The van der Waals surface area contributed by atoms with Crippen LogP contribution < -0.4 is 0 Å². The van der Waals surface area contributed by atoms with Crippen LogP contribution in [0.5, 0.6) is 0 Å². The molecule has 6 nitrogen and oxygen atoms in total. The number of nitrogens with zero attached hydrogens (tertiary/aromatic N) is 1. The zero-order chi connectivity index (χ0) is 44.7. The van der Waals surface area contributed by atoms with Crippen molar-refractivity contribution in [3.63, 3.8) is 0 Å². The van der Waals surface area contributed by atoms with Crippen molar-refractivity contribution in [2.75, 3.05) is 46.1 Å². The summed E-state index contributed by atoms with van der Waals surface area (Å²) in [6.45, 7) is 20.0. The summed E-state index contributed by atoms with van der Waals surface area (Å²) in [6.07, 6.45) is 44.8. The van der Waals surface area contributed by atoms with Crippen molar-refractivity contribution in [2.24, 2.45) is 17.8 Å². The van der Waals surface area contributed by atoms with Crippen molar-refractivity contribution < 1.29 is 23.8 Å². The molecule has 0 rings (SSSR count). The maximum atomic E-state index is 12.4. The molecule has 0 aliphatic carbocycles. The fourth-order valence-electron chi connectivity index (χ4n) is 9.08.